The first-order valence-electron chi connectivity index (χ1n) is 15.2. The maximum absolute atomic E-state index is 13.0. The molecule has 3 aliphatic rings. The van der Waals surface area contributed by atoms with Gasteiger partial charge in [0.15, 0.2) is 6.10 Å². The van der Waals surface area contributed by atoms with Crippen molar-refractivity contribution in [3.05, 3.63) is 11.6 Å². The summed E-state index contributed by atoms with van der Waals surface area (Å²) < 4.78 is 23.9. The summed E-state index contributed by atoms with van der Waals surface area (Å²) in [5.74, 6) is -2.10. The van der Waals surface area contributed by atoms with Gasteiger partial charge in [-0.05, 0) is 55.9 Å². The maximum Gasteiger partial charge on any atom is 0.306 e. The van der Waals surface area contributed by atoms with E-state index in [0.717, 1.165) is 0 Å². The van der Waals surface area contributed by atoms with Crippen molar-refractivity contribution in [1.82, 2.24) is 0 Å². The van der Waals surface area contributed by atoms with E-state index in [0.29, 0.717) is 31.3 Å². The number of esters is 4. The zero-order valence-electron chi connectivity index (χ0n) is 26.2. The van der Waals surface area contributed by atoms with Crippen LogP contribution < -0.4 is 0 Å². The number of carbonyl (C=O) groups excluding carboxylic acids is 4. The quantitative estimate of drug-likeness (QED) is 0.230. The van der Waals surface area contributed by atoms with Crippen LogP contribution in [0.5, 0.6) is 0 Å². The summed E-state index contributed by atoms with van der Waals surface area (Å²) in [6.07, 6.45) is 0.188. The fourth-order valence-electron chi connectivity index (χ4n) is 8.07. The highest BCUT2D eigenvalue weighted by Gasteiger charge is 2.69. The normalized spacial score (nSPS) is 38.2. The van der Waals surface area contributed by atoms with E-state index in [1.54, 1.807) is 0 Å². The van der Waals surface area contributed by atoms with Gasteiger partial charge in [-0.15, -0.1) is 0 Å². The number of ether oxygens (including phenoxy) is 4. The van der Waals surface area contributed by atoms with Gasteiger partial charge in [-0.25, -0.2) is 0 Å². The molecular formula is C32H50O9. The van der Waals surface area contributed by atoms with E-state index in [-0.39, 0.29) is 48.5 Å². The Morgan fingerprint density at radius 1 is 0.902 bits per heavy atom. The monoisotopic (exact) mass is 578 g/mol. The second-order valence-electron chi connectivity index (χ2n) is 13.3. The lowest BCUT2D eigenvalue weighted by Crippen LogP contribution is -2.61. The Labute approximate surface area is 244 Å². The van der Waals surface area contributed by atoms with Crippen LogP contribution in [0.15, 0.2) is 11.6 Å². The van der Waals surface area contributed by atoms with Gasteiger partial charge >= 0.3 is 23.9 Å². The number of hydrogen-bond acceptors (Lipinski definition) is 9. The van der Waals surface area contributed by atoms with Crippen LogP contribution in [-0.4, -0.2) is 59.5 Å². The second-order valence-corrected chi connectivity index (χ2v) is 13.3. The summed E-state index contributed by atoms with van der Waals surface area (Å²) in [5.41, 5.74) is -0.789. The van der Waals surface area contributed by atoms with Crippen LogP contribution in [0.4, 0.5) is 0 Å². The zero-order valence-corrected chi connectivity index (χ0v) is 26.2. The van der Waals surface area contributed by atoms with Crippen LogP contribution in [0.3, 0.4) is 0 Å². The van der Waals surface area contributed by atoms with Crippen LogP contribution in [0.2, 0.25) is 0 Å². The largest absolute Gasteiger partial charge is 0.462 e. The number of aliphatic hydroxyl groups is 1. The summed E-state index contributed by atoms with van der Waals surface area (Å²) in [6, 6.07) is 0. The first-order chi connectivity index (χ1) is 19.1. The van der Waals surface area contributed by atoms with Crippen LogP contribution in [0.1, 0.15) is 101 Å². The van der Waals surface area contributed by atoms with Crippen molar-refractivity contribution < 1.29 is 43.2 Å². The van der Waals surface area contributed by atoms with Gasteiger partial charge in [-0.1, -0.05) is 47.6 Å². The van der Waals surface area contributed by atoms with Crippen molar-refractivity contribution in [2.45, 2.75) is 131 Å². The molecule has 0 unspecified atom stereocenters. The molecule has 0 amide bonds. The van der Waals surface area contributed by atoms with E-state index in [9.17, 15) is 24.3 Å². The van der Waals surface area contributed by atoms with E-state index in [1.807, 2.05) is 27.7 Å². The molecule has 0 heterocycles. The van der Waals surface area contributed by atoms with Crippen molar-refractivity contribution in [2.24, 2.45) is 34.5 Å². The fraction of sp³-hybridized carbons (Fsp3) is 0.812. The van der Waals surface area contributed by atoms with Gasteiger partial charge in [-0.2, -0.15) is 0 Å². The Hall–Kier alpha value is -2.42. The Balaban J connectivity index is 2.27. The predicted octanol–water partition coefficient (Wildman–Crippen LogP) is 4.92. The molecule has 9 heteroatoms. The Kier molecular flexibility index (Phi) is 10.4. The first kappa shape index (κ1) is 33.1. The Bertz CT molecular complexity index is 1030. The summed E-state index contributed by atoms with van der Waals surface area (Å²) >= 11 is 0. The third kappa shape index (κ3) is 6.50. The lowest BCUT2D eigenvalue weighted by molar-refractivity contribution is -0.212. The van der Waals surface area contributed by atoms with E-state index < -0.39 is 53.3 Å². The molecule has 0 aromatic heterocycles. The minimum atomic E-state index is -1.33. The molecule has 1 N–H and O–H groups in total. The summed E-state index contributed by atoms with van der Waals surface area (Å²) in [7, 11) is 0. The standard InChI is InChI=1S/C32H50O9/c1-10-12-24(35)40-23-16-31(8)21(27-26(17(3)4)22(38-19(6)33)15-32(23,27)9)14-18(5)29(39-20(7)34)28(37)30(31)41-25(36)13-11-2/h14,17,21-23,26-30,37H,10-13,15-16H2,1-9H3/t21-,22-,23-,26-,27+,28-,29-,30+,31+,32-/m0/s1. The molecule has 10 atom stereocenters. The molecule has 0 aliphatic heterocycles. The topological polar surface area (TPSA) is 125 Å². The lowest BCUT2D eigenvalue weighted by Gasteiger charge is -2.57. The number of rotatable bonds is 9. The highest BCUT2D eigenvalue weighted by Crippen LogP contribution is 2.67. The second kappa shape index (κ2) is 12.8. The minimum Gasteiger partial charge on any atom is -0.462 e. The Morgan fingerprint density at radius 3 is 1.98 bits per heavy atom. The number of hydrogen-bond donors (Lipinski definition) is 1. The SMILES string of the molecule is CCCC(=O)O[C@H]1C[C@@]2(C)[C@H](OC(=O)CCC)[C@@H](O)[C@@H](OC(C)=O)C(C)=C[C@H]2[C@@H]2[C@@H](C(C)C)[C@@H](OC(C)=O)C[C@]21C. The molecule has 0 aromatic carbocycles. The van der Waals surface area contributed by atoms with Crippen molar-refractivity contribution in [3.8, 4) is 0 Å². The van der Waals surface area contributed by atoms with Crippen molar-refractivity contribution in [3.63, 3.8) is 0 Å². The number of fused-ring (bicyclic) bond motifs is 3. The lowest BCUT2D eigenvalue weighted by atomic mass is 9.49. The molecular weight excluding hydrogens is 528 g/mol. The molecule has 0 saturated heterocycles. The molecule has 9 nitrogen and oxygen atoms in total. The third-order valence-electron chi connectivity index (χ3n) is 9.74. The predicted molar refractivity (Wildman–Crippen MR) is 151 cm³/mol. The van der Waals surface area contributed by atoms with E-state index in [2.05, 4.69) is 26.8 Å². The minimum absolute atomic E-state index is 0.0978. The van der Waals surface area contributed by atoms with Gasteiger partial charge in [-0.3, -0.25) is 19.2 Å². The third-order valence-corrected chi connectivity index (χ3v) is 9.74. The average Bonchev–Trinajstić information content (AvgIpc) is 3.12. The smallest absolute Gasteiger partial charge is 0.306 e. The Morgan fingerprint density at radius 2 is 1.46 bits per heavy atom. The molecule has 0 radical (unpaired) electrons. The van der Waals surface area contributed by atoms with Crippen LogP contribution in [0.25, 0.3) is 0 Å². The van der Waals surface area contributed by atoms with Crippen molar-refractivity contribution in [2.75, 3.05) is 0 Å². The van der Waals surface area contributed by atoms with E-state index >= 15 is 0 Å². The molecule has 232 valence electrons. The zero-order chi connectivity index (χ0) is 30.9. The van der Waals surface area contributed by atoms with Crippen molar-refractivity contribution >= 4 is 23.9 Å². The van der Waals surface area contributed by atoms with E-state index in [1.165, 1.54) is 13.8 Å². The molecule has 2 fully saturated rings. The fourth-order valence-corrected chi connectivity index (χ4v) is 8.07. The molecule has 2 saturated carbocycles. The van der Waals surface area contributed by atoms with Gasteiger partial charge in [0, 0.05) is 43.4 Å². The molecule has 0 spiro atoms. The molecule has 0 aromatic rings. The summed E-state index contributed by atoms with van der Waals surface area (Å²) in [4.78, 5) is 50.3. The summed E-state index contributed by atoms with van der Waals surface area (Å²) in [5, 5.41) is 11.8. The summed E-state index contributed by atoms with van der Waals surface area (Å²) in [6.45, 7) is 16.6. The molecule has 41 heavy (non-hydrogen) atoms. The molecule has 3 rings (SSSR count). The van der Waals surface area contributed by atoms with Crippen LogP contribution >= 0.6 is 0 Å². The van der Waals surface area contributed by atoms with E-state index in [4.69, 9.17) is 18.9 Å². The molecule has 0 bridgehead atoms. The van der Waals surface area contributed by atoms with Gasteiger partial charge in [0.1, 0.15) is 24.4 Å². The van der Waals surface area contributed by atoms with Crippen molar-refractivity contribution in [1.29, 1.82) is 0 Å². The maximum atomic E-state index is 13.0. The van der Waals surface area contributed by atoms with Gasteiger partial charge < -0.3 is 24.1 Å². The number of carbonyl (C=O) groups is 4. The number of allylic oxidation sites excluding steroid dienone is 1. The van der Waals surface area contributed by atoms with Gasteiger partial charge in [0.25, 0.3) is 0 Å². The highest BCUT2D eigenvalue weighted by atomic mass is 16.6. The van der Waals surface area contributed by atoms with Crippen LogP contribution in [0, 0.1) is 34.5 Å². The molecule has 3 aliphatic carbocycles. The van der Waals surface area contributed by atoms with Crippen LogP contribution in [-0.2, 0) is 38.1 Å². The first-order valence-corrected chi connectivity index (χ1v) is 15.2. The average molecular weight is 579 g/mol. The highest BCUT2D eigenvalue weighted by molar-refractivity contribution is 5.70. The van der Waals surface area contributed by atoms with Gasteiger partial charge in [0.2, 0.25) is 0 Å². The van der Waals surface area contributed by atoms with Gasteiger partial charge in [0.05, 0.1) is 0 Å². The number of aliphatic hydroxyl groups excluding tert-OH is 1.